The lowest BCUT2D eigenvalue weighted by Crippen LogP contribution is -2.27. The van der Waals surface area contributed by atoms with E-state index in [1.807, 2.05) is 49.4 Å². The molecule has 2 aliphatic rings. The van der Waals surface area contributed by atoms with Gasteiger partial charge < -0.3 is 20.1 Å². The van der Waals surface area contributed by atoms with Gasteiger partial charge in [-0.25, -0.2) is 8.78 Å². The molecule has 35 heavy (non-hydrogen) atoms. The van der Waals surface area contributed by atoms with Crippen LogP contribution in [0, 0.1) is 11.6 Å². The van der Waals surface area contributed by atoms with Crippen molar-refractivity contribution in [3.8, 4) is 11.5 Å². The zero-order valence-electron chi connectivity index (χ0n) is 19.5. The summed E-state index contributed by atoms with van der Waals surface area (Å²) in [5.41, 5.74) is 3.67. The normalized spacial score (nSPS) is 19.1. The second kappa shape index (κ2) is 9.41. The third-order valence-corrected chi connectivity index (χ3v) is 6.54. The zero-order valence-corrected chi connectivity index (χ0v) is 19.5. The first-order chi connectivity index (χ1) is 17.0. The number of fused-ring (bicyclic) bond motifs is 1. The monoisotopic (exact) mass is 476 g/mol. The van der Waals surface area contributed by atoms with Gasteiger partial charge in [0.15, 0.2) is 17.3 Å². The lowest BCUT2D eigenvalue weighted by atomic mass is 9.78. The number of benzene rings is 3. The van der Waals surface area contributed by atoms with Crippen molar-refractivity contribution in [2.45, 2.75) is 31.7 Å². The first kappa shape index (κ1) is 22.9. The summed E-state index contributed by atoms with van der Waals surface area (Å²) < 4.78 is 40.2. The maximum Gasteiger partial charge on any atom is 0.163 e. The number of allylic oxidation sites excluding steroid dienone is 1. The van der Waals surface area contributed by atoms with E-state index in [4.69, 9.17) is 9.47 Å². The van der Waals surface area contributed by atoms with E-state index in [0.717, 1.165) is 29.4 Å². The fourth-order valence-corrected chi connectivity index (χ4v) is 4.91. The molecule has 5 rings (SSSR count). The number of rotatable bonds is 5. The average molecular weight is 477 g/mol. The standard InChI is InChI=1S/C28H26F2N2O3/c1-3-35-25-11-8-16(14-26(25)34-2)17-12-23-27(24(33)13-17)28(19-15-18(29)9-10-20(19)30)32-22-7-5-4-6-21(22)31-23/h4-11,14-15,17,28,31-32H,3,12-13H2,1-2H3. The van der Waals surface area contributed by atoms with E-state index in [1.54, 1.807) is 7.11 Å². The van der Waals surface area contributed by atoms with E-state index >= 15 is 0 Å². The number of carbonyl (C=O) groups is 1. The van der Waals surface area contributed by atoms with Crippen LogP contribution < -0.4 is 20.1 Å². The molecule has 0 aromatic heterocycles. The molecule has 2 atom stereocenters. The minimum atomic E-state index is -0.819. The number of ketones is 1. The molecular formula is C28H26F2N2O3. The van der Waals surface area contributed by atoms with Crippen molar-refractivity contribution >= 4 is 17.2 Å². The van der Waals surface area contributed by atoms with E-state index < -0.39 is 17.7 Å². The number of halogens is 2. The van der Waals surface area contributed by atoms with Gasteiger partial charge in [-0.1, -0.05) is 18.2 Å². The predicted octanol–water partition coefficient (Wildman–Crippen LogP) is 6.35. The summed E-state index contributed by atoms with van der Waals surface area (Å²) in [6, 6.07) is 15.7. The van der Waals surface area contributed by atoms with Crippen LogP contribution in [0.2, 0.25) is 0 Å². The maximum absolute atomic E-state index is 14.9. The Morgan fingerprint density at radius 1 is 0.971 bits per heavy atom. The van der Waals surface area contributed by atoms with Crippen LogP contribution >= 0.6 is 0 Å². The molecule has 0 saturated carbocycles. The molecule has 1 aliphatic carbocycles. The number of nitrogens with one attached hydrogen (secondary N) is 2. The summed E-state index contributed by atoms with van der Waals surface area (Å²) in [5.74, 6) is -0.0998. The molecule has 3 aromatic rings. The minimum absolute atomic E-state index is 0.102. The first-order valence-electron chi connectivity index (χ1n) is 11.6. The lowest BCUT2D eigenvalue weighted by molar-refractivity contribution is -0.116. The summed E-state index contributed by atoms with van der Waals surface area (Å²) in [7, 11) is 1.59. The fraction of sp³-hybridized carbons (Fsp3) is 0.250. The quantitative estimate of drug-likeness (QED) is 0.449. The molecule has 0 spiro atoms. The van der Waals surface area contributed by atoms with Crippen molar-refractivity contribution in [3.05, 3.63) is 94.7 Å². The Morgan fingerprint density at radius 3 is 2.54 bits per heavy atom. The number of ether oxygens (including phenoxy) is 2. The number of hydrogen-bond donors (Lipinski definition) is 2. The topological polar surface area (TPSA) is 59.6 Å². The Morgan fingerprint density at radius 2 is 1.77 bits per heavy atom. The van der Waals surface area contributed by atoms with E-state index in [-0.39, 0.29) is 23.7 Å². The SMILES string of the molecule is CCOc1ccc(C2CC(=O)C3=C(C2)Nc2ccccc2NC3c2cc(F)ccc2F)cc1OC. The highest BCUT2D eigenvalue weighted by Crippen LogP contribution is 2.45. The summed E-state index contributed by atoms with van der Waals surface area (Å²) in [4.78, 5) is 13.6. The predicted molar refractivity (Wildman–Crippen MR) is 131 cm³/mol. The van der Waals surface area contributed by atoms with Crippen LogP contribution in [0.25, 0.3) is 0 Å². The van der Waals surface area contributed by atoms with Crippen LogP contribution in [0.5, 0.6) is 11.5 Å². The number of Topliss-reactive ketones (excluding diaryl/α,β-unsaturated/α-hetero) is 1. The van der Waals surface area contributed by atoms with E-state index in [1.165, 1.54) is 0 Å². The summed E-state index contributed by atoms with van der Waals surface area (Å²) >= 11 is 0. The minimum Gasteiger partial charge on any atom is -0.493 e. The third-order valence-electron chi connectivity index (χ3n) is 6.54. The van der Waals surface area contributed by atoms with Gasteiger partial charge in [0.25, 0.3) is 0 Å². The molecule has 0 fully saturated rings. The van der Waals surface area contributed by atoms with Gasteiger partial charge in [0.2, 0.25) is 0 Å². The molecule has 0 saturated heterocycles. The Bertz CT molecular complexity index is 1320. The van der Waals surface area contributed by atoms with Crippen LogP contribution in [0.1, 0.15) is 42.9 Å². The van der Waals surface area contributed by atoms with Crippen molar-refractivity contribution < 1.29 is 23.0 Å². The van der Waals surface area contributed by atoms with Gasteiger partial charge in [0, 0.05) is 23.3 Å². The smallest absolute Gasteiger partial charge is 0.163 e. The van der Waals surface area contributed by atoms with Crippen LogP contribution in [0.4, 0.5) is 20.2 Å². The van der Waals surface area contributed by atoms with Gasteiger partial charge in [0.1, 0.15) is 11.6 Å². The molecule has 1 heterocycles. The molecule has 5 nitrogen and oxygen atoms in total. The van der Waals surface area contributed by atoms with Crippen molar-refractivity contribution in [2.24, 2.45) is 0 Å². The highest BCUT2D eigenvalue weighted by Gasteiger charge is 2.37. The van der Waals surface area contributed by atoms with Gasteiger partial charge in [-0.2, -0.15) is 0 Å². The number of carbonyl (C=O) groups excluding carboxylic acids is 1. The van der Waals surface area contributed by atoms with Gasteiger partial charge in [-0.15, -0.1) is 0 Å². The number of para-hydroxylation sites is 2. The molecule has 3 aromatic carbocycles. The molecular weight excluding hydrogens is 450 g/mol. The molecule has 0 bridgehead atoms. The average Bonchev–Trinajstić information content (AvgIpc) is 3.02. The Balaban J connectivity index is 1.58. The summed E-state index contributed by atoms with van der Waals surface area (Å²) in [6.45, 7) is 2.42. The molecule has 7 heteroatoms. The Kier molecular flexibility index (Phi) is 6.16. The molecule has 1 aliphatic heterocycles. The highest BCUT2D eigenvalue weighted by atomic mass is 19.1. The number of anilines is 2. The lowest BCUT2D eigenvalue weighted by Gasteiger charge is -2.30. The molecule has 180 valence electrons. The number of hydrogen-bond acceptors (Lipinski definition) is 5. The number of methoxy groups -OCH3 is 1. The van der Waals surface area contributed by atoms with Gasteiger partial charge in [0.05, 0.1) is 31.1 Å². The highest BCUT2D eigenvalue weighted by molar-refractivity contribution is 6.01. The summed E-state index contributed by atoms with van der Waals surface area (Å²) in [6.07, 6.45) is 0.769. The van der Waals surface area contributed by atoms with Crippen LogP contribution in [-0.2, 0) is 4.79 Å². The van der Waals surface area contributed by atoms with Crippen molar-refractivity contribution in [3.63, 3.8) is 0 Å². The van der Waals surface area contributed by atoms with Gasteiger partial charge in [-0.05, 0) is 67.3 Å². The molecule has 0 radical (unpaired) electrons. The fourth-order valence-electron chi connectivity index (χ4n) is 4.91. The van der Waals surface area contributed by atoms with Crippen LogP contribution in [-0.4, -0.2) is 19.5 Å². The maximum atomic E-state index is 14.9. The molecule has 2 N–H and O–H groups in total. The van der Waals surface area contributed by atoms with Crippen molar-refractivity contribution in [1.29, 1.82) is 0 Å². The van der Waals surface area contributed by atoms with Crippen LogP contribution in [0.15, 0.2) is 71.9 Å². The Hall–Kier alpha value is -3.87. The second-order valence-corrected chi connectivity index (χ2v) is 8.68. The van der Waals surface area contributed by atoms with Crippen molar-refractivity contribution in [1.82, 2.24) is 0 Å². The third kappa shape index (κ3) is 4.34. The molecule has 2 unspecified atom stereocenters. The Labute approximate surface area is 202 Å². The first-order valence-corrected chi connectivity index (χ1v) is 11.6. The van der Waals surface area contributed by atoms with Gasteiger partial charge >= 0.3 is 0 Å². The largest absolute Gasteiger partial charge is 0.493 e. The van der Waals surface area contributed by atoms with E-state index in [0.29, 0.717) is 41.5 Å². The van der Waals surface area contributed by atoms with Gasteiger partial charge in [-0.3, -0.25) is 4.79 Å². The summed E-state index contributed by atoms with van der Waals surface area (Å²) in [5, 5.41) is 6.69. The molecule has 0 amide bonds. The second-order valence-electron chi connectivity index (χ2n) is 8.68. The zero-order chi connectivity index (χ0) is 24.5. The van der Waals surface area contributed by atoms with E-state index in [9.17, 15) is 13.6 Å². The van der Waals surface area contributed by atoms with Crippen molar-refractivity contribution in [2.75, 3.05) is 24.4 Å². The van der Waals surface area contributed by atoms with Crippen LogP contribution in [0.3, 0.4) is 0 Å². The van der Waals surface area contributed by atoms with E-state index in [2.05, 4.69) is 10.6 Å².